The first kappa shape index (κ1) is 19.2. The first-order chi connectivity index (χ1) is 13.8. The molecule has 1 N–H and O–H groups in total. The van der Waals surface area contributed by atoms with E-state index in [9.17, 15) is 4.79 Å². The van der Waals surface area contributed by atoms with Crippen LogP contribution in [0.4, 0.5) is 17.3 Å². The number of carbonyl (C=O) groups is 1. The lowest BCUT2D eigenvalue weighted by Crippen LogP contribution is -2.47. The van der Waals surface area contributed by atoms with Crippen LogP contribution >= 0.6 is 0 Å². The fourth-order valence-corrected chi connectivity index (χ4v) is 3.39. The van der Waals surface area contributed by atoms with Gasteiger partial charge in [0.15, 0.2) is 5.65 Å². The molecule has 0 radical (unpaired) electrons. The molecule has 0 aromatic carbocycles. The molecule has 0 unspecified atom stereocenters. The van der Waals surface area contributed by atoms with E-state index in [1.165, 1.54) is 0 Å². The molecule has 1 fully saturated rings. The highest BCUT2D eigenvalue weighted by atomic mass is 16.2. The van der Waals surface area contributed by atoms with E-state index in [-0.39, 0.29) is 5.91 Å². The van der Waals surface area contributed by atoms with Gasteiger partial charge in [-0.05, 0) is 19.1 Å². The van der Waals surface area contributed by atoms with Crippen LogP contribution in [0.25, 0.3) is 5.65 Å². The van der Waals surface area contributed by atoms with Gasteiger partial charge in [0.05, 0.1) is 18.1 Å². The number of amides is 1. The summed E-state index contributed by atoms with van der Waals surface area (Å²) < 4.78 is 1.90. The maximum atomic E-state index is 12.1. The van der Waals surface area contributed by atoms with Gasteiger partial charge in [0.25, 0.3) is 0 Å². The van der Waals surface area contributed by atoms with E-state index in [0.717, 1.165) is 49.0 Å². The van der Waals surface area contributed by atoms with Crippen LogP contribution < -0.4 is 15.1 Å². The average Bonchev–Trinajstić information content (AvgIpc) is 3.16. The summed E-state index contributed by atoms with van der Waals surface area (Å²) in [5.74, 6) is 1.63. The molecule has 1 aliphatic rings. The van der Waals surface area contributed by atoms with Gasteiger partial charge in [0.1, 0.15) is 11.6 Å². The fraction of sp³-hybridized carbons (Fsp3) is 0.429. The van der Waals surface area contributed by atoms with Gasteiger partial charge in [-0.15, -0.1) is 0 Å². The number of nitrogens with one attached hydrogen (secondary N) is 1. The van der Waals surface area contributed by atoms with Gasteiger partial charge in [-0.2, -0.15) is 9.61 Å². The molecule has 0 spiro atoms. The fourth-order valence-electron chi connectivity index (χ4n) is 3.39. The molecule has 8 nitrogen and oxygen atoms in total. The summed E-state index contributed by atoms with van der Waals surface area (Å²) in [5.41, 5.74) is 2.49. The molecule has 0 atom stereocenters. The van der Waals surface area contributed by atoms with Gasteiger partial charge in [0.2, 0.25) is 5.91 Å². The molecule has 8 heteroatoms. The standard InChI is InChI=1S/C21H27N7O/c1-15-13-19(28-18(24-15)7-8-23-28)27-11-9-26(10-12-27)16-5-6-17(22-14-16)25-20(29)21(2,3)4/h5-8,13-14H,9-12H2,1-4H3,(H,22,25,29). The molecule has 3 aromatic heterocycles. The number of aromatic nitrogens is 4. The molecule has 0 aliphatic carbocycles. The van der Waals surface area contributed by atoms with Crippen LogP contribution in [0.3, 0.4) is 0 Å². The first-order valence-electron chi connectivity index (χ1n) is 9.90. The van der Waals surface area contributed by atoms with Crippen molar-refractivity contribution in [3.63, 3.8) is 0 Å². The minimum absolute atomic E-state index is 0.0380. The number of aryl methyl sites for hydroxylation is 1. The number of nitrogens with zero attached hydrogens (tertiary/aromatic N) is 6. The van der Waals surface area contributed by atoms with Crippen molar-refractivity contribution < 1.29 is 4.79 Å². The maximum Gasteiger partial charge on any atom is 0.230 e. The highest BCUT2D eigenvalue weighted by molar-refractivity contribution is 5.93. The summed E-state index contributed by atoms with van der Waals surface area (Å²) in [6, 6.07) is 7.90. The van der Waals surface area contributed by atoms with Crippen LogP contribution in [0, 0.1) is 12.3 Å². The second kappa shape index (κ2) is 7.35. The van der Waals surface area contributed by atoms with Crippen molar-refractivity contribution in [3.8, 4) is 0 Å². The third-order valence-electron chi connectivity index (χ3n) is 5.11. The van der Waals surface area contributed by atoms with Crippen LogP contribution in [0.5, 0.6) is 0 Å². The Morgan fingerprint density at radius 1 is 1.07 bits per heavy atom. The van der Waals surface area contributed by atoms with Crippen LogP contribution in [0.1, 0.15) is 26.5 Å². The number of hydrogen-bond acceptors (Lipinski definition) is 6. The summed E-state index contributed by atoms with van der Waals surface area (Å²) in [4.78, 5) is 25.7. The molecule has 0 saturated carbocycles. The number of pyridine rings is 1. The van der Waals surface area contributed by atoms with Crippen LogP contribution in [0.2, 0.25) is 0 Å². The van der Waals surface area contributed by atoms with Crippen molar-refractivity contribution in [1.29, 1.82) is 0 Å². The van der Waals surface area contributed by atoms with E-state index in [4.69, 9.17) is 0 Å². The number of carbonyl (C=O) groups excluding carboxylic acids is 1. The van der Waals surface area contributed by atoms with E-state index in [1.807, 2.05) is 56.6 Å². The summed E-state index contributed by atoms with van der Waals surface area (Å²) in [7, 11) is 0. The predicted octanol–water partition coefficient (Wildman–Crippen LogP) is 2.74. The van der Waals surface area contributed by atoms with Crippen molar-refractivity contribution in [3.05, 3.63) is 42.4 Å². The topological polar surface area (TPSA) is 78.7 Å². The molecular formula is C21H27N7O. The number of rotatable bonds is 3. The monoisotopic (exact) mass is 393 g/mol. The molecule has 29 heavy (non-hydrogen) atoms. The Hall–Kier alpha value is -3.16. The van der Waals surface area contributed by atoms with Gasteiger partial charge in [0, 0.05) is 49.4 Å². The minimum Gasteiger partial charge on any atom is -0.367 e. The molecule has 1 aliphatic heterocycles. The van der Waals surface area contributed by atoms with Crippen molar-refractivity contribution in [2.24, 2.45) is 5.41 Å². The Labute approximate surface area is 170 Å². The normalized spacial score (nSPS) is 15.0. The number of hydrogen-bond donors (Lipinski definition) is 1. The Morgan fingerprint density at radius 2 is 1.79 bits per heavy atom. The SMILES string of the molecule is Cc1cc(N2CCN(c3ccc(NC(=O)C(C)(C)C)nc3)CC2)n2nccc2n1. The Morgan fingerprint density at radius 3 is 2.45 bits per heavy atom. The molecular weight excluding hydrogens is 366 g/mol. The van der Waals surface area contributed by atoms with Crippen LogP contribution in [-0.2, 0) is 4.79 Å². The second-order valence-corrected chi connectivity index (χ2v) is 8.44. The molecule has 152 valence electrons. The maximum absolute atomic E-state index is 12.1. The van der Waals surface area contributed by atoms with Crippen LogP contribution in [0.15, 0.2) is 36.7 Å². The third-order valence-corrected chi connectivity index (χ3v) is 5.11. The van der Waals surface area contributed by atoms with Crippen molar-refractivity contribution in [2.75, 3.05) is 41.3 Å². The van der Waals surface area contributed by atoms with Crippen molar-refractivity contribution >= 4 is 28.9 Å². The summed E-state index contributed by atoms with van der Waals surface area (Å²) >= 11 is 0. The van der Waals surface area contributed by atoms with Gasteiger partial charge in [-0.1, -0.05) is 20.8 Å². The summed E-state index contributed by atoms with van der Waals surface area (Å²) in [6.45, 7) is 11.2. The van der Waals surface area contributed by atoms with E-state index in [0.29, 0.717) is 5.82 Å². The average molecular weight is 393 g/mol. The Bertz CT molecular complexity index is 1010. The Balaban J connectivity index is 1.42. The van der Waals surface area contributed by atoms with E-state index in [2.05, 4.69) is 36.2 Å². The third kappa shape index (κ3) is 4.01. The number of fused-ring (bicyclic) bond motifs is 1. The zero-order valence-corrected chi connectivity index (χ0v) is 17.4. The molecule has 0 bridgehead atoms. The lowest BCUT2D eigenvalue weighted by atomic mass is 9.96. The van der Waals surface area contributed by atoms with Crippen molar-refractivity contribution in [1.82, 2.24) is 19.6 Å². The van der Waals surface area contributed by atoms with Gasteiger partial charge >= 0.3 is 0 Å². The highest BCUT2D eigenvalue weighted by Crippen LogP contribution is 2.23. The second-order valence-electron chi connectivity index (χ2n) is 8.44. The van der Waals surface area contributed by atoms with Gasteiger partial charge in [-0.3, -0.25) is 4.79 Å². The van der Waals surface area contributed by atoms with Crippen molar-refractivity contribution in [2.45, 2.75) is 27.7 Å². The lowest BCUT2D eigenvalue weighted by molar-refractivity contribution is -0.123. The van der Waals surface area contributed by atoms with Crippen LogP contribution in [-0.4, -0.2) is 51.7 Å². The van der Waals surface area contributed by atoms with E-state index < -0.39 is 5.41 Å². The summed E-state index contributed by atoms with van der Waals surface area (Å²) in [5, 5.41) is 7.28. The molecule has 4 heterocycles. The smallest absolute Gasteiger partial charge is 0.230 e. The largest absolute Gasteiger partial charge is 0.367 e. The molecule has 3 aromatic rings. The lowest BCUT2D eigenvalue weighted by Gasteiger charge is -2.37. The highest BCUT2D eigenvalue weighted by Gasteiger charge is 2.23. The molecule has 1 amide bonds. The van der Waals surface area contributed by atoms with Gasteiger partial charge in [-0.25, -0.2) is 9.97 Å². The zero-order chi connectivity index (χ0) is 20.6. The predicted molar refractivity (Wildman–Crippen MR) is 114 cm³/mol. The quantitative estimate of drug-likeness (QED) is 0.737. The number of piperazine rings is 1. The van der Waals surface area contributed by atoms with Gasteiger partial charge < -0.3 is 15.1 Å². The molecule has 1 saturated heterocycles. The minimum atomic E-state index is -0.442. The zero-order valence-electron chi connectivity index (χ0n) is 17.4. The molecule has 4 rings (SSSR count). The Kier molecular flexibility index (Phi) is 4.86. The first-order valence-corrected chi connectivity index (χ1v) is 9.90. The number of anilines is 3. The van der Waals surface area contributed by atoms with E-state index in [1.54, 1.807) is 6.20 Å². The summed E-state index contributed by atoms with van der Waals surface area (Å²) in [6.07, 6.45) is 3.61. The van der Waals surface area contributed by atoms with E-state index >= 15 is 0 Å².